The molecule has 0 amide bonds. The molecule has 0 N–H and O–H groups in total. The first-order valence-electron chi connectivity index (χ1n) is 14.5. The zero-order valence-corrected chi connectivity index (χ0v) is 23.5. The second-order valence-corrected chi connectivity index (χ2v) is 13.6. The molecule has 3 unspecified atom stereocenters. The lowest BCUT2D eigenvalue weighted by molar-refractivity contribution is -0.152. The van der Waals surface area contributed by atoms with Crippen molar-refractivity contribution < 1.29 is 9.53 Å². The average Bonchev–Trinajstić information content (AvgIpc) is 3.05. The summed E-state index contributed by atoms with van der Waals surface area (Å²) < 4.78 is 5.67. The van der Waals surface area contributed by atoms with E-state index in [0.717, 1.165) is 30.6 Å². The molecule has 0 aromatic rings. The topological polar surface area (TPSA) is 26.3 Å². The van der Waals surface area contributed by atoms with Crippen molar-refractivity contribution in [3.05, 3.63) is 23.3 Å². The van der Waals surface area contributed by atoms with Crippen LogP contribution in [0.15, 0.2) is 23.3 Å². The fourth-order valence-corrected chi connectivity index (χ4v) is 9.52. The summed E-state index contributed by atoms with van der Waals surface area (Å²) in [4.78, 5) is 11.6. The van der Waals surface area contributed by atoms with Gasteiger partial charge >= 0.3 is 5.97 Å². The number of hydrogen-bond acceptors (Lipinski definition) is 2. The van der Waals surface area contributed by atoms with Gasteiger partial charge in [-0.05, 0) is 117 Å². The highest BCUT2D eigenvalue weighted by Gasteiger charge is 2.63. The Morgan fingerprint density at radius 1 is 1.12 bits per heavy atom. The summed E-state index contributed by atoms with van der Waals surface area (Å²) in [6.45, 7) is 18.9. The largest absolute Gasteiger partial charge is 0.463 e. The van der Waals surface area contributed by atoms with Gasteiger partial charge in [0, 0.05) is 6.92 Å². The molecule has 4 aliphatic rings. The van der Waals surface area contributed by atoms with E-state index >= 15 is 0 Å². The van der Waals surface area contributed by atoms with Gasteiger partial charge in [-0.2, -0.15) is 0 Å². The second kappa shape index (κ2) is 9.44. The fraction of sp³-hybridized carbons (Fsp3) is 0.844. The van der Waals surface area contributed by atoms with Crippen molar-refractivity contribution in [2.45, 2.75) is 126 Å². The van der Waals surface area contributed by atoms with E-state index in [2.05, 4.69) is 60.6 Å². The van der Waals surface area contributed by atoms with Crippen LogP contribution in [0.2, 0.25) is 0 Å². The maximum Gasteiger partial charge on any atom is 0.302 e. The third-order valence-electron chi connectivity index (χ3n) is 11.9. The van der Waals surface area contributed by atoms with Crippen LogP contribution in [0.5, 0.6) is 0 Å². The molecule has 0 aliphatic heterocycles. The molecule has 3 fully saturated rings. The summed E-state index contributed by atoms with van der Waals surface area (Å²) >= 11 is 0. The van der Waals surface area contributed by atoms with Gasteiger partial charge in [0.05, 0.1) is 0 Å². The highest BCUT2D eigenvalue weighted by Crippen LogP contribution is 2.72. The quantitative estimate of drug-likeness (QED) is 0.287. The van der Waals surface area contributed by atoms with E-state index in [-0.39, 0.29) is 12.1 Å². The minimum absolute atomic E-state index is 0.109. The molecule has 0 aromatic heterocycles. The Bertz CT molecular complexity index is 836. The molecule has 0 radical (unpaired) electrons. The van der Waals surface area contributed by atoms with E-state index in [4.69, 9.17) is 4.74 Å². The van der Waals surface area contributed by atoms with Gasteiger partial charge in [-0.3, -0.25) is 4.79 Å². The molecule has 8 atom stereocenters. The van der Waals surface area contributed by atoms with Gasteiger partial charge in [0.1, 0.15) is 6.10 Å². The van der Waals surface area contributed by atoms with Crippen molar-refractivity contribution in [2.75, 3.05) is 0 Å². The molecule has 0 bridgehead atoms. The molecule has 4 aliphatic carbocycles. The summed E-state index contributed by atoms with van der Waals surface area (Å²) in [7, 11) is 0. The lowest BCUT2D eigenvalue weighted by Crippen LogP contribution is -2.53. The summed E-state index contributed by atoms with van der Waals surface area (Å²) in [6, 6.07) is 0. The minimum Gasteiger partial charge on any atom is -0.463 e. The molecule has 34 heavy (non-hydrogen) atoms. The average molecular weight is 469 g/mol. The van der Waals surface area contributed by atoms with Gasteiger partial charge in [0.25, 0.3) is 0 Å². The lowest BCUT2D eigenvalue weighted by atomic mass is 9.43. The molecular formula is C32H52O2. The van der Waals surface area contributed by atoms with E-state index in [9.17, 15) is 4.79 Å². The van der Waals surface area contributed by atoms with Crippen LogP contribution in [0.4, 0.5) is 0 Å². The van der Waals surface area contributed by atoms with Crippen molar-refractivity contribution in [1.29, 1.82) is 0 Å². The Balaban J connectivity index is 1.53. The van der Waals surface area contributed by atoms with Crippen LogP contribution in [0.1, 0.15) is 120 Å². The second-order valence-electron chi connectivity index (χ2n) is 13.6. The minimum atomic E-state index is -0.109. The monoisotopic (exact) mass is 468 g/mol. The highest BCUT2D eigenvalue weighted by atomic mass is 16.5. The van der Waals surface area contributed by atoms with E-state index in [1.165, 1.54) is 51.4 Å². The molecule has 0 spiro atoms. The predicted octanol–water partition coefficient (Wildman–Crippen LogP) is 8.91. The molecule has 0 heterocycles. The van der Waals surface area contributed by atoms with Gasteiger partial charge in [-0.25, -0.2) is 0 Å². The predicted molar refractivity (Wildman–Crippen MR) is 142 cm³/mol. The van der Waals surface area contributed by atoms with Gasteiger partial charge in [-0.15, -0.1) is 0 Å². The zero-order valence-electron chi connectivity index (χ0n) is 23.5. The van der Waals surface area contributed by atoms with Crippen LogP contribution in [-0.2, 0) is 9.53 Å². The van der Waals surface area contributed by atoms with Gasteiger partial charge in [0.2, 0.25) is 0 Å². The first-order valence-corrected chi connectivity index (χ1v) is 14.5. The zero-order chi connectivity index (χ0) is 24.9. The first kappa shape index (κ1) is 26.0. The normalized spacial score (nSPS) is 43.0. The van der Waals surface area contributed by atoms with Crippen LogP contribution in [0.25, 0.3) is 0 Å². The van der Waals surface area contributed by atoms with Crippen LogP contribution >= 0.6 is 0 Å². The van der Waals surface area contributed by atoms with Crippen LogP contribution in [-0.4, -0.2) is 12.1 Å². The van der Waals surface area contributed by atoms with Gasteiger partial charge in [0.15, 0.2) is 0 Å². The van der Waals surface area contributed by atoms with E-state index in [1.54, 1.807) is 12.5 Å². The molecule has 0 aromatic carbocycles. The molecule has 2 nitrogen and oxygen atoms in total. The van der Waals surface area contributed by atoms with Crippen LogP contribution in [0.3, 0.4) is 0 Å². The summed E-state index contributed by atoms with van der Waals surface area (Å²) in [5.74, 6) is 3.60. The summed E-state index contributed by atoms with van der Waals surface area (Å²) in [6.07, 6.45) is 17.8. The molecule has 192 valence electrons. The molecule has 2 heteroatoms. The number of allylic oxidation sites excluding steroid dienone is 4. The molecular weight excluding hydrogens is 416 g/mol. The Morgan fingerprint density at radius 3 is 2.50 bits per heavy atom. The fourth-order valence-electron chi connectivity index (χ4n) is 9.52. The van der Waals surface area contributed by atoms with Crippen molar-refractivity contribution in [1.82, 2.24) is 0 Å². The van der Waals surface area contributed by atoms with Crippen molar-refractivity contribution in [2.24, 2.45) is 45.8 Å². The molecule has 3 saturated carbocycles. The number of hydrogen-bond donors (Lipinski definition) is 0. The van der Waals surface area contributed by atoms with E-state index in [1.807, 2.05) is 5.57 Å². The van der Waals surface area contributed by atoms with E-state index < -0.39 is 0 Å². The number of esters is 1. The Labute approximate surface area is 210 Å². The third kappa shape index (κ3) is 4.13. The maximum atomic E-state index is 11.6. The van der Waals surface area contributed by atoms with Crippen molar-refractivity contribution in [3.63, 3.8) is 0 Å². The SMILES string of the molecule is C/C=C(\CC[C@@H](C)[C@H]1CCC2(C)C3=CCC4C[C@@H](OC(C)=O)CC[C@]4(C)C3CC[C@]12C)C(C)C. The van der Waals surface area contributed by atoms with Crippen molar-refractivity contribution >= 4 is 5.97 Å². The lowest BCUT2D eigenvalue weighted by Gasteiger charge is -2.61. The van der Waals surface area contributed by atoms with Crippen LogP contribution in [0, 0.1) is 45.8 Å². The van der Waals surface area contributed by atoms with E-state index in [0.29, 0.717) is 28.1 Å². The first-order chi connectivity index (χ1) is 16.0. The number of fused-ring (bicyclic) bond motifs is 5. The number of carbonyl (C=O) groups excluding carboxylic acids is 1. The maximum absolute atomic E-state index is 11.6. The Kier molecular flexibility index (Phi) is 7.22. The number of carbonyl (C=O) groups is 1. The van der Waals surface area contributed by atoms with Crippen LogP contribution < -0.4 is 0 Å². The van der Waals surface area contributed by atoms with Gasteiger partial charge in [-0.1, -0.05) is 64.8 Å². The number of rotatable bonds is 6. The summed E-state index contributed by atoms with van der Waals surface area (Å²) in [5, 5.41) is 0. The molecule has 0 saturated heterocycles. The number of ether oxygens (including phenoxy) is 1. The summed E-state index contributed by atoms with van der Waals surface area (Å²) in [5.41, 5.74) is 4.64. The van der Waals surface area contributed by atoms with Gasteiger partial charge < -0.3 is 4.74 Å². The molecule has 4 rings (SSSR count). The standard InChI is InChI=1S/C32H52O2/c1-9-24(21(2)3)11-10-22(4)27-15-18-32(8)29-13-12-25-20-26(34-23(5)33)14-17-30(25,6)28(29)16-19-31(27,32)7/h9,13,21-22,25-28H,10-12,14-20H2,1-8H3/b24-9+/t22-,25?,26+,27-,28?,30+,31-,32?/m1/s1. The van der Waals surface area contributed by atoms with Crippen molar-refractivity contribution in [3.8, 4) is 0 Å². The Morgan fingerprint density at radius 2 is 1.85 bits per heavy atom. The Hall–Kier alpha value is -1.05. The smallest absolute Gasteiger partial charge is 0.302 e. The highest BCUT2D eigenvalue weighted by molar-refractivity contribution is 5.66. The third-order valence-corrected chi connectivity index (χ3v) is 11.9.